The number of hydrogen-bond acceptors (Lipinski definition) is 5. The predicted molar refractivity (Wildman–Crippen MR) is 134 cm³/mol. The number of thiocarbonyl (C=S) groups is 1. The smallest absolute Gasteiger partial charge is 0.394 e. The molecule has 1 fully saturated rings. The number of aromatic amines is 1. The van der Waals surface area contributed by atoms with E-state index in [2.05, 4.69) is 36.4 Å². The number of hydrogen-bond donors (Lipinski definition) is 3. The van der Waals surface area contributed by atoms with Gasteiger partial charge in [0.2, 0.25) is 0 Å². The molecule has 0 unspecified atom stereocenters. The molecule has 1 amide bonds. The van der Waals surface area contributed by atoms with Crippen LogP contribution in [0.3, 0.4) is 0 Å². The summed E-state index contributed by atoms with van der Waals surface area (Å²) in [5.74, 6) is -2.38. The van der Waals surface area contributed by atoms with E-state index in [1.54, 1.807) is 11.8 Å². The number of carboxylic acids is 1. The highest BCUT2D eigenvalue weighted by Gasteiger charge is 2.26. The van der Waals surface area contributed by atoms with Gasteiger partial charge in [-0.05, 0) is 49.2 Å². The third kappa shape index (κ3) is 5.36. The Morgan fingerprint density at radius 2 is 1.65 bits per heavy atom. The van der Waals surface area contributed by atoms with Crippen LogP contribution in [0.4, 0.5) is 0 Å². The number of rotatable bonds is 3. The molecule has 0 radical (unpaired) electrons. The summed E-state index contributed by atoms with van der Waals surface area (Å²) in [4.78, 5) is 38.6. The van der Waals surface area contributed by atoms with Crippen LogP contribution < -0.4 is 11.0 Å². The van der Waals surface area contributed by atoms with Gasteiger partial charge in [-0.3, -0.25) is 20.1 Å². The van der Waals surface area contributed by atoms with E-state index in [1.165, 1.54) is 15.1 Å². The Morgan fingerprint density at radius 3 is 2.18 bits per heavy atom. The molecule has 182 valence electrons. The van der Waals surface area contributed by atoms with Crippen molar-refractivity contribution < 1.29 is 14.7 Å². The Labute approximate surface area is 203 Å². The maximum atomic E-state index is 13.1. The topological polar surface area (TPSA) is 123 Å². The van der Waals surface area contributed by atoms with Crippen LogP contribution >= 0.6 is 12.2 Å². The Kier molecular flexibility index (Phi) is 7.25. The summed E-state index contributed by atoms with van der Waals surface area (Å²) >= 11 is 5.38. The molecule has 1 aromatic carbocycles. The molecule has 2 heterocycles. The lowest BCUT2D eigenvalue weighted by Gasteiger charge is -2.34. The zero-order valence-electron chi connectivity index (χ0n) is 20.0. The lowest BCUT2D eigenvalue weighted by molar-refractivity contribution is -0.156. The monoisotopic (exact) mass is 486 g/mol. The van der Waals surface area contributed by atoms with Crippen LogP contribution in [0.1, 0.15) is 44.5 Å². The third-order valence-corrected chi connectivity index (χ3v) is 6.13. The zero-order chi connectivity index (χ0) is 25.2. The van der Waals surface area contributed by atoms with E-state index in [0.717, 1.165) is 5.69 Å². The van der Waals surface area contributed by atoms with Crippen LogP contribution in [0.15, 0.2) is 34.2 Å². The molecule has 34 heavy (non-hydrogen) atoms. The van der Waals surface area contributed by atoms with Gasteiger partial charge in [-0.25, -0.2) is 9.48 Å². The second kappa shape index (κ2) is 9.80. The van der Waals surface area contributed by atoms with Crippen molar-refractivity contribution in [3.63, 3.8) is 0 Å². The van der Waals surface area contributed by atoms with E-state index in [9.17, 15) is 14.4 Å². The molecule has 3 rings (SSSR count). The fraction of sp³-hybridized carbons (Fsp3) is 0.435. The molecule has 1 aliphatic rings. The summed E-state index contributed by atoms with van der Waals surface area (Å²) in [7, 11) is 0. The summed E-state index contributed by atoms with van der Waals surface area (Å²) in [5, 5.41) is 16.6. The van der Waals surface area contributed by atoms with Gasteiger partial charge in [0.1, 0.15) is 0 Å². The van der Waals surface area contributed by atoms with E-state index < -0.39 is 11.9 Å². The standard InChI is InChI=1S/C23H30N6O4S/c1-14(24-25-22(34)28-12-10-27(11-13-28)20(31)21(32)33)18-15(2)26-29(19(18)30)17-8-6-16(7-9-17)23(3,4)5/h6-9,26H,10-13H2,1-5H3,(H,25,34)(H,32,33). The van der Waals surface area contributed by atoms with Crippen molar-refractivity contribution in [2.75, 3.05) is 26.2 Å². The number of nitrogens with zero attached hydrogens (tertiary/aromatic N) is 4. The number of carbonyl (C=O) groups excluding carboxylic acids is 1. The first kappa shape index (κ1) is 25.2. The largest absolute Gasteiger partial charge is 0.474 e. The first-order chi connectivity index (χ1) is 15.9. The Hall–Kier alpha value is -3.47. The van der Waals surface area contributed by atoms with Crippen molar-refractivity contribution in [3.05, 3.63) is 51.4 Å². The number of amides is 1. The lowest BCUT2D eigenvalue weighted by Crippen LogP contribution is -2.53. The highest BCUT2D eigenvalue weighted by atomic mass is 32.1. The van der Waals surface area contributed by atoms with Gasteiger partial charge >= 0.3 is 11.9 Å². The average molecular weight is 487 g/mol. The molecule has 1 saturated heterocycles. The van der Waals surface area contributed by atoms with Gasteiger partial charge in [0.15, 0.2) is 5.11 Å². The van der Waals surface area contributed by atoms with Crippen molar-refractivity contribution in [2.45, 2.75) is 40.0 Å². The molecule has 10 nitrogen and oxygen atoms in total. The minimum Gasteiger partial charge on any atom is -0.474 e. The molecule has 1 aliphatic heterocycles. The van der Waals surface area contributed by atoms with Crippen molar-refractivity contribution in [3.8, 4) is 5.69 Å². The highest BCUT2D eigenvalue weighted by molar-refractivity contribution is 7.80. The first-order valence-corrected chi connectivity index (χ1v) is 11.3. The van der Waals surface area contributed by atoms with Gasteiger partial charge in [0, 0.05) is 31.9 Å². The molecule has 0 spiro atoms. The number of aromatic nitrogens is 2. The molecule has 11 heteroatoms. The van der Waals surface area contributed by atoms with Crippen LogP contribution in [0.2, 0.25) is 0 Å². The maximum Gasteiger partial charge on any atom is 0.394 e. The van der Waals surface area contributed by atoms with Crippen LogP contribution in [-0.2, 0) is 15.0 Å². The van der Waals surface area contributed by atoms with Gasteiger partial charge in [-0.2, -0.15) is 5.10 Å². The van der Waals surface area contributed by atoms with E-state index in [4.69, 9.17) is 17.3 Å². The highest BCUT2D eigenvalue weighted by Crippen LogP contribution is 2.23. The van der Waals surface area contributed by atoms with Crippen molar-refractivity contribution in [1.82, 2.24) is 25.0 Å². The number of piperazine rings is 1. The number of carbonyl (C=O) groups is 2. The van der Waals surface area contributed by atoms with E-state index in [0.29, 0.717) is 35.2 Å². The minimum absolute atomic E-state index is 0.0199. The summed E-state index contributed by atoms with van der Waals surface area (Å²) in [6, 6.07) is 7.86. The van der Waals surface area contributed by atoms with Crippen molar-refractivity contribution in [2.24, 2.45) is 5.10 Å². The van der Waals surface area contributed by atoms with Crippen molar-refractivity contribution >= 4 is 34.9 Å². The van der Waals surface area contributed by atoms with E-state index >= 15 is 0 Å². The number of hydrazone groups is 1. The fourth-order valence-electron chi connectivity index (χ4n) is 3.77. The predicted octanol–water partition coefficient (Wildman–Crippen LogP) is 1.60. The number of benzene rings is 1. The summed E-state index contributed by atoms with van der Waals surface area (Å²) in [6.45, 7) is 11.2. The molecule has 0 saturated carbocycles. The van der Waals surface area contributed by atoms with Crippen LogP contribution in [0.5, 0.6) is 0 Å². The first-order valence-electron chi connectivity index (χ1n) is 10.9. The third-order valence-electron chi connectivity index (χ3n) is 5.78. The van der Waals surface area contributed by atoms with Crippen LogP contribution in [0, 0.1) is 6.92 Å². The molecule has 0 aliphatic carbocycles. The Bertz CT molecular complexity index is 1180. The fourth-order valence-corrected chi connectivity index (χ4v) is 4.00. The van der Waals surface area contributed by atoms with Gasteiger partial charge in [-0.15, -0.1) is 0 Å². The van der Waals surface area contributed by atoms with E-state index in [1.807, 2.05) is 31.2 Å². The molecule has 2 aromatic rings. The normalized spacial score (nSPS) is 14.8. The van der Waals surface area contributed by atoms with E-state index in [-0.39, 0.29) is 24.1 Å². The summed E-state index contributed by atoms with van der Waals surface area (Å²) in [6.07, 6.45) is 0. The minimum atomic E-state index is -1.47. The molecular weight excluding hydrogens is 456 g/mol. The Morgan fingerprint density at radius 1 is 1.09 bits per heavy atom. The molecule has 3 N–H and O–H groups in total. The zero-order valence-corrected chi connectivity index (χ0v) is 20.8. The second-order valence-electron chi connectivity index (χ2n) is 9.25. The van der Waals surface area contributed by atoms with Gasteiger partial charge in [0.25, 0.3) is 5.56 Å². The molecule has 1 aromatic heterocycles. The van der Waals surface area contributed by atoms with Crippen LogP contribution in [-0.4, -0.2) is 73.6 Å². The number of aliphatic carboxylic acids is 1. The number of aryl methyl sites for hydroxylation is 1. The SMILES string of the molecule is CC(=NNC(=S)N1CCN(C(=O)C(=O)O)CC1)c1c(C)[nH]n(-c2ccc(C(C)(C)C)cc2)c1=O. The molecule has 0 atom stereocenters. The van der Waals surface area contributed by atoms with Gasteiger partial charge in [-0.1, -0.05) is 32.9 Å². The second-order valence-corrected chi connectivity index (χ2v) is 9.63. The van der Waals surface area contributed by atoms with Crippen LogP contribution in [0.25, 0.3) is 5.69 Å². The number of nitrogens with one attached hydrogen (secondary N) is 2. The summed E-state index contributed by atoms with van der Waals surface area (Å²) in [5.41, 5.74) is 6.14. The average Bonchev–Trinajstić information content (AvgIpc) is 3.10. The Balaban J connectivity index is 1.70. The maximum absolute atomic E-state index is 13.1. The lowest BCUT2D eigenvalue weighted by atomic mass is 9.87. The van der Waals surface area contributed by atoms with Gasteiger partial charge < -0.3 is 14.9 Å². The van der Waals surface area contributed by atoms with Gasteiger partial charge in [0.05, 0.1) is 17.0 Å². The number of H-pyrrole nitrogens is 1. The number of carboxylic acid groups (broad SMARTS) is 1. The molecule has 0 bridgehead atoms. The summed E-state index contributed by atoms with van der Waals surface area (Å²) < 4.78 is 1.49. The molecular formula is C23H30N6O4S. The van der Waals surface area contributed by atoms with Crippen molar-refractivity contribution in [1.29, 1.82) is 0 Å². The quantitative estimate of drug-likeness (QED) is 0.261.